The lowest BCUT2D eigenvalue weighted by Gasteiger charge is -2.18. The second-order valence-electron chi connectivity index (χ2n) is 13.2. The highest BCUT2D eigenvalue weighted by Gasteiger charge is 2.18. The fourth-order valence-electron chi connectivity index (χ4n) is 8.18. The minimum atomic E-state index is 1.23. The van der Waals surface area contributed by atoms with Gasteiger partial charge < -0.3 is 0 Å². The first-order chi connectivity index (χ1) is 24.8. The standard InChI is InChI=1S/C48H28S2/c1-2-10-29(11-3-1)30-18-20-32(21-19-30)46-35-14-6-8-16-37(35)47(38-17-9-7-15-36(38)46)33-23-24-42-39(26-33)40-27-41-45(28-44(40)49-42)50-43-25-22-31-12-4-5-13-34(31)48(41)43/h1-28H. The number of fused-ring (bicyclic) bond motifs is 10. The number of rotatable bonds is 3. The van der Waals surface area contributed by atoms with Crippen molar-refractivity contribution < 1.29 is 0 Å². The molecule has 2 heterocycles. The quantitative estimate of drug-likeness (QED) is 0.164. The molecule has 0 fully saturated rings. The van der Waals surface area contributed by atoms with Gasteiger partial charge in [0.2, 0.25) is 0 Å². The summed E-state index contributed by atoms with van der Waals surface area (Å²) in [4.78, 5) is 0. The number of thiophene rings is 2. The van der Waals surface area contributed by atoms with E-state index in [2.05, 4.69) is 170 Å². The van der Waals surface area contributed by atoms with Gasteiger partial charge in [-0.15, -0.1) is 22.7 Å². The van der Waals surface area contributed by atoms with E-state index in [-0.39, 0.29) is 0 Å². The third-order valence-electron chi connectivity index (χ3n) is 10.5. The molecule has 0 bridgehead atoms. The van der Waals surface area contributed by atoms with Crippen LogP contribution in [0.2, 0.25) is 0 Å². The first kappa shape index (κ1) is 28.1. The van der Waals surface area contributed by atoms with Crippen molar-refractivity contribution in [2.75, 3.05) is 0 Å². The Kier molecular flexibility index (Phi) is 6.09. The van der Waals surface area contributed by atoms with E-state index in [0.717, 1.165) is 0 Å². The van der Waals surface area contributed by atoms with Crippen LogP contribution in [0, 0.1) is 0 Å². The van der Waals surface area contributed by atoms with Crippen molar-refractivity contribution in [2.45, 2.75) is 0 Å². The average Bonchev–Trinajstić information content (AvgIpc) is 3.73. The Morgan fingerprint density at radius 3 is 1.48 bits per heavy atom. The maximum absolute atomic E-state index is 2.47. The molecule has 2 heteroatoms. The van der Waals surface area contributed by atoms with Crippen molar-refractivity contribution in [1.82, 2.24) is 0 Å². The Morgan fingerprint density at radius 2 is 0.760 bits per heavy atom. The van der Waals surface area contributed by atoms with Crippen LogP contribution >= 0.6 is 22.7 Å². The molecule has 0 amide bonds. The monoisotopic (exact) mass is 668 g/mol. The van der Waals surface area contributed by atoms with Crippen LogP contribution in [0.15, 0.2) is 170 Å². The van der Waals surface area contributed by atoms with Crippen LogP contribution in [-0.4, -0.2) is 0 Å². The normalized spacial score (nSPS) is 12.0. The van der Waals surface area contributed by atoms with Crippen molar-refractivity contribution in [3.8, 4) is 33.4 Å². The molecule has 0 aliphatic heterocycles. The Hall–Kier alpha value is -5.80. The number of hydrogen-bond acceptors (Lipinski definition) is 2. The fourth-order valence-corrected chi connectivity index (χ4v) is 10.5. The molecule has 0 nitrogen and oxygen atoms in total. The zero-order valence-corrected chi connectivity index (χ0v) is 28.6. The first-order valence-corrected chi connectivity index (χ1v) is 18.7. The summed E-state index contributed by atoms with van der Waals surface area (Å²) in [7, 11) is 0. The summed E-state index contributed by atoms with van der Waals surface area (Å²) < 4.78 is 5.40. The number of hydrogen-bond donors (Lipinski definition) is 0. The largest absolute Gasteiger partial charge is 0.135 e. The van der Waals surface area contributed by atoms with E-state index in [9.17, 15) is 0 Å². The highest BCUT2D eigenvalue weighted by Crippen LogP contribution is 2.47. The maximum atomic E-state index is 2.47. The SMILES string of the molecule is c1ccc(-c2ccc(-c3c4ccccc4c(-c4ccc5sc6cc7sc8ccc9ccccc9c8c7cc6c5c4)c4ccccc34)cc2)cc1. The van der Waals surface area contributed by atoms with E-state index in [1.807, 2.05) is 22.7 Å². The molecule has 0 aliphatic carbocycles. The molecule has 11 aromatic rings. The topological polar surface area (TPSA) is 0 Å². The second kappa shape index (κ2) is 10.9. The van der Waals surface area contributed by atoms with Gasteiger partial charge in [0, 0.05) is 40.3 Å². The van der Waals surface area contributed by atoms with E-state index in [1.54, 1.807) is 0 Å². The van der Waals surface area contributed by atoms with Crippen LogP contribution in [-0.2, 0) is 0 Å². The molecule has 0 saturated heterocycles. The van der Waals surface area contributed by atoms with Gasteiger partial charge in [0.25, 0.3) is 0 Å². The van der Waals surface area contributed by atoms with Crippen LogP contribution in [0.3, 0.4) is 0 Å². The van der Waals surface area contributed by atoms with Gasteiger partial charge in [-0.25, -0.2) is 0 Å². The Bertz CT molecular complexity index is 3070. The molecule has 50 heavy (non-hydrogen) atoms. The van der Waals surface area contributed by atoms with Crippen LogP contribution in [0.25, 0.3) is 106 Å². The minimum Gasteiger partial charge on any atom is -0.135 e. The van der Waals surface area contributed by atoms with E-state index >= 15 is 0 Å². The summed E-state index contributed by atoms with van der Waals surface area (Å²) in [5, 5.41) is 13.2. The molecule has 9 aromatic carbocycles. The lowest BCUT2D eigenvalue weighted by Crippen LogP contribution is -1.91. The van der Waals surface area contributed by atoms with Crippen LogP contribution < -0.4 is 0 Å². The highest BCUT2D eigenvalue weighted by molar-refractivity contribution is 7.28. The van der Waals surface area contributed by atoms with E-state index < -0.39 is 0 Å². The summed E-state index contributed by atoms with van der Waals surface area (Å²) in [5.41, 5.74) is 7.56. The predicted octanol–water partition coefficient (Wildman–Crippen LogP) is 14.9. The second-order valence-corrected chi connectivity index (χ2v) is 15.4. The third kappa shape index (κ3) is 4.16. The van der Waals surface area contributed by atoms with Gasteiger partial charge >= 0.3 is 0 Å². The minimum absolute atomic E-state index is 1.23. The average molecular weight is 669 g/mol. The van der Waals surface area contributed by atoms with Gasteiger partial charge in [0.15, 0.2) is 0 Å². The Balaban J connectivity index is 1.15. The van der Waals surface area contributed by atoms with Gasteiger partial charge in [0.1, 0.15) is 0 Å². The van der Waals surface area contributed by atoms with Gasteiger partial charge in [-0.1, -0.05) is 140 Å². The lowest BCUT2D eigenvalue weighted by molar-refractivity contribution is 1.61. The van der Waals surface area contributed by atoms with Crippen molar-refractivity contribution in [2.24, 2.45) is 0 Å². The summed E-state index contributed by atoms with van der Waals surface area (Å²) >= 11 is 3.82. The third-order valence-corrected chi connectivity index (χ3v) is 12.7. The van der Waals surface area contributed by atoms with Gasteiger partial charge in [-0.2, -0.15) is 0 Å². The summed E-state index contributed by atoms with van der Waals surface area (Å²) in [6.45, 7) is 0. The molecule has 0 spiro atoms. The summed E-state index contributed by atoms with van der Waals surface area (Å²) in [5.74, 6) is 0. The van der Waals surface area contributed by atoms with Gasteiger partial charge in [0.05, 0.1) is 0 Å². The van der Waals surface area contributed by atoms with Crippen molar-refractivity contribution in [3.05, 3.63) is 170 Å². The van der Waals surface area contributed by atoms with Gasteiger partial charge in [-0.05, 0) is 96.0 Å². The van der Waals surface area contributed by atoms with Crippen molar-refractivity contribution >= 4 is 95.3 Å². The van der Waals surface area contributed by atoms with E-state index in [1.165, 1.54) is 106 Å². The molecule has 0 saturated carbocycles. The lowest BCUT2D eigenvalue weighted by atomic mass is 9.85. The zero-order valence-electron chi connectivity index (χ0n) is 27.0. The van der Waals surface area contributed by atoms with E-state index in [0.29, 0.717) is 0 Å². The molecular formula is C48H28S2. The Labute approximate surface area is 297 Å². The van der Waals surface area contributed by atoms with E-state index in [4.69, 9.17) is 0 Å². The number of benzene rings is 9. The molecular weight excluding hydrogens is 641 g/mol. The van der Waals surface area contributed by atoms with Crippen molar-refractivity contribution in [1.29, 1.82) is 0 Å². The first-order valence-electron chi connectivity index (χ1n) is 17.1. The molecule has 232 valence electrons. The fraction of sp³-hybridized carbons (Fsp3) is 0. The zero-order chi connectivity index (χ0) is 32.8. The maximum Gasteiger partial charge on any atom is 0.0370 e. The van der Waals surface area contributed by atoms with Crippen LogP contribution in [0.4, 0.5) is 0 Å². The molecule has 0 atom stereocenters. The molecule has 0 unspecified atom stereocenters. The highest BCUT2D eigenvalue weighted by atomic mass is 32.1. The predicted molar refractivity (Wildman–Crippen MR) is 221 cm³/mol. The summed E-state index contributed by atoms with van der Waals surface area (Å²) in [6.07, 6.45) is 0. The summed E-state index contributed by atoms with van der Waals surface area (Å²) in [6, 6.07) is 63.0. The molecule has 0 aliphatic rings. The van der Waals surface area contributed by atoms with Crippen molar-refractivity contribution in [3.63, 3.8) is 0 Å². The molecule has 11 rings (SSSR count). The smallest absolute Gasteiger partial charge is 0.0370 e. The van der Waals surface area contributed by atoms with Crippen LogP contribution in [0.1, 0.15) is 0 Å². The Morgan fingerprint density at radius 1 is 0.260 bits per heavy atom. The molecule has 0 radical (unpaired) electrons. The molecule has 0 N–H and O–H groups in total. The van der Waals surface area contributed by atoms with Crippen LogP contribution in [0.5, 0.6) is 0 Å². The van der Waals surface area contributed by atoms with Gasteiger partial charge in [-0.3, -0.25) is 0 Å². The molecule has 2 aromatic heterocycles.